The van der Waals surface area contributed by atoms with E-state index in [1.54, 1.807) is 17.0 Å². The molecule has 0 saturated carbocycles. The Morgan fingerprint density at radius 1 is 1.04 bits per heavy atom. The lowest BCUT2D eigenvalue weighted by molar-refractivity contribution is 0.0766. The fourth-order valence-corrected chi connectivity index (χ4v) is 3.06. The first-order valence-corrected chi connectivity index (χ1v) is 8.96. The molecule has 25 heavy (non-hydrogen) atoms. The van der Waals surface area contributed by atoms with Crippen molar-refractivity contribution in [3.8, 4) is 0 Å². The van der Waals surface area contributed by atoms with Crippen LogP contribution in [0, 0.1) is 0 Å². The average molecular weight is 339 g/mol. The minimum atomic E-state index is -0.0842. The summed E-state index contributed by atoms with van der Waals surface area (Å²) in [7, 11) is 0. The van der Waals surface area contributed by atoms with E-state index in [1.165, 1.54) is 18.5 Å². The summed E-state index contributed by atoms with van der Waals surface area (Å²) >= 11 is 0. The quantitative estimate of drug-likeness (QED) is 0.875. The minimum Gasteiger partial charge on any atom is -0.372 e. The number of amides is 1. The smallest absolute Gasteiger partial charge is 0.274 e. The van der Waals surface area contributed by atoms with Gasteiger partial charge in [-0.2, -0.15) is 0 Å². The first kappa shape index (κ1) is 17.2. The van der Waals surface area contributed by atoms with Gasteiger partial charge in [0.25, 0.3) is 5.91 Å². The number of rotatable bonds is 6. The largest absolute Gasteiger partial charge is 0.372 e. The number of hydrogen-bond donors (Lipinski definition) is 1. The number of nitrogens with one attached hydrogen (secondary N) is 1. The molecule has 1 aliphatic rings. The Morgan fingerprint density at radius 3 is 2.28 bits per heavy atom. The first-order valence-electron chi connectivity index (χ1n) is 8.96. The maximum absolute atomic E-state index is 12.2. The van der Waals surface area contributed by atoms with Gasteiger partial charge in [0.05, 0.1) is 0 Å². The summed E-state index contributed by atoms with van der Waals surface area (Å²) in [6.45, 7) is 7.52. The molecule has 132 valence electrons. The van der Waals surface area contributed by atoms with E-state index < -0.39 is 0 Å². The topological polar surface area (TPSA) is 61.4 Å². The number of aromatic nitrogens is 2. The number of carbonyl (C=O) groups excluding carboxylic acids is 1. The second-order valence-corrected chi connectivity index (χ2v) is 6.15. The molecule has 1 N–H and O–H groups in total. The molecule has 0 bridgehead atoms. The molecule has 6 heteroatoms. The second kappa shape index (κ2) is 7.96. The van der Waals surface area contributed by atoms with Crippen molar-refractivity contribution >= 4 is 23.1 Å². The van der Waals surface area contributed by atoms with Crippen molar-refractivity contribution in [2.45, 2.75) is 26.7 Å². The third kappa shape index (κ3) is 4.07. The van der Waals surface area contributed by atoms with Crippen molar-refractivity contribution in [1.29, 1.82) is 0 Å². The summed E-state index contributed by atoms with van der Waals surface area (Å²) in [5, 5.41) is 11.4. The Balaban J connectivity index is 1.64. The molecule has 0 unspecified atom stereocenters. The molecule has 0 atom stereocenters. The molecule has 1 saturated heterocycles. The van der Waals surface area contributed by atoms with Crippen LogP contribution in [-0.2, 0) is 0 Å². The Labute approximate surface area is 148 Å². The Morgan fingerprint density at radius 2 is 1.72 bits per heavy atom. The van der Waals surface area contributed by atoms with Crippen LogP contribution in [-0.4, -0.2) is 47.2 Å². The molecule has 1 aliphatic heterocycles. The van der Waals surface area contributed by atoms with E-state index in [0.717, 1.165) is 18.8 Å². The van der Waals surface area contributed by atoms with Gasteiger partial charge in [0.2, 0.25) is 0 Å². The van der Waals surface area contributed by atoms with Gasteiger partial charge in [0.1, 0.15) is 0 Å². The van der Waals surface area contributed by atoms with Crippen molar-refractivity contribution in [3.05, 3.63) is 42.1 Å². The molecule has 6 nitrogen and oxygen atoms in total. The molecule has 1 aromatic carbocycles. The highest BCUT2D eigenvalue weighted by atomic mass is 16.2. The highest BCUT2D eigenvalue weighted by Gasteiger charge is 2.14. The maximum Gasteiger partial charge on any atom is 0.274 e. The van der Waals surface area contributed by atoms with Crippen molar-refractivity contribution in [2.75, 3.05) is 36.4 Å². The van der Waals surface area contributed by atoms with Gasteiger partial charge in [-0.25, -0.2) is 0 Å². The zero-order valence-corrected chi connectivity index (χ0v) is 14.9. The molecular weight excluding hydrogens is 314 g/mol. The van der Waals surface area contributed by atoms with Gasteiger partial charge in [-0.1, -0.05) is 0 Å². The monoisotopic (exact) mass is 339 g/mol. The van der Waals surface area contributed by atoms with E-state index >= 15 is 0 Å². The summed E-state index contributed by atoms with van der Waals surface area (Å²) in [5.74, 6) is 0.545. The highest BCUT2D eigenvalue weighted by molar-refractivity contribution is 5.92. The van der Waals surface area contributed by atoms with Crippen molar-refractivity contribution in [1.82, 2.24) is 15.1 Å². The van der Waals surface area contributed by atoms with Gasteiger partial charge in [0.15, 0.2) is 11.5 Å². The Hall–Kier alpha value is -2.63. The zero-order valence-electron chi connectivity index (χ0n) is 14.9. The summed E-state index contributed by atoms with van der Waals surface area (Å²) in [6.07, 6.45) is 2.54. The summed E-state index contributed by atoms with van der Waals surface area (Å²) in [4.78, 5) is 16.4. The van der Waals surface area contributed by atoms with Gasteiger partial charge in [-0.05, 0) is 63.1 Å². The second-order valence-electron chi connectivity index (χ2n) is 6.15. The van der Waals surface area contributed by atoms with Gasteiger partial charge in [-0.15, -0.1) is 10.2 Å². The summed E-state index contributed by atoms with van der Waals surface area (Å²) in [5.41, 5.74) is 2.59. The van der Waals surface area contributed by atoms with E-state index in [2.05, 4.69) is 32.5 Å². The fraction of sp³-hybridized carbons (Fsp3) is 0.421. The third-order valence-electron chi connectivity index (χ3n) is 4.55. The highest BCUT2D eigenvalue weighted by Crippen LogP contribution is 2.23. The molecule has 0 aliphatic carbocycles. The first-order chi connectivity index (χ1) is 12.2. The van der Waals surface area contributed by atoms with Gasteiger partial charge < -0.3 is 15.1 Å². The van der Waals surface area contributed by atoms with Gasteiger partial charge >= 0.3 is 0 Å². The predicted octanol–water partition coefficient (Wildman–Crippen LogP) is 3.30. The van der Waals surface area contributed by atoms with E-state index in [0.29, 0.717) is 24.6 Å². The van der Waals surface area contributed by atoms with Crippen LogP contribution in [0.15, 0.2) is 36.4 Å². The lowest BCUT2D eigenvalue weighted by Gasteiger charge is -2.18. The molecule has 1 amide bonds. The lowest BCUT2D eigenvalue weighted by Crippen LogP contribution is -2.31. The van der Waals surface area contributed by atoms with Crippen molar-refractivity contribution in [3.63, 3.8) is 0 Å². The number of anilines is 3. The van der Waals surface area contributed by atoms with Crippen LogP contribution >= 0.6 is 0 Å². The van der Waals surface area contributed by atoms with Crippen LogP contribution in [0.4, 0.5) is 17.2 Å². The van der Waals surface area contributed by atoms with Crippen molar-refractivity contribution in [2.24, 2.45) is 0 Å². The molecule has 2 aromatic rings. The number of carbonyl (C=O) groups is 1. The van der Waals surface area contributed by atoms with Crippen LogP contribution in [0.5, 0.6) is 0 Å². The van der Waals surface area contributed by atoms with E-state index in [9.17, 15) is 4.79 Å². The van der Waals surface area contributed by atoms with Gasteiger partial charge in [0, 0.05) is 37.6 Å². The molecule has 3 rings (SSSR count). The summed E-state index contributed by atoms with van der Waals surface area (Å²) < 4.78 is 0. The third-order valence-corrected chi connectivity index (χ3v) is 4.55. The number of hydrogen-bond acceptors (Lipinski definition) is 5. The molecular formula is C19H25N5O. The molecule has 0 radical (unpaired) electrons. The van der Waals surface area contributed by atoms with Gasteiger partial charge in [-0.3, -0.25) is 4.79 Å². The molecule has 1 aromatic heterocycles. The normalized spacial score (nSPS) is 13.8. The van der Waals surface area contributed by atoms with Crippen molar-refractivity contribution < 1.29 is 4.79 Å². The fourth-order valence-electron chi connectivity index (χ4n) is 3.06. The Bertz CT molecular complexity index is 689. The standard InChI is InChI=1S/C19H25N5O/c1-3-23(4-2)19(25)17-11-12-18(22-21-17)20-15-7-9-16(10-8-15)24-13-5-6-14-24/h7-12H,3-6,13-14H2,1-2H3,(H,20,22). The molecule has 1 fully saturated rings. The van der Waals surface area contributed by atoms with E-state index in [1.807, 2.05) is 26.0 Å². The van der Waals surface area contributed by atoms with E-state index in [-0.39, 0.29) is 5.91 Å². The lowest BCUT2D eigenvalue weighted by atomic mass is 10.2. The van der Waals surface area contributed by atoms with Crippen LogP contribution in [0.25, 0.3) is 0 Å². The number of benzene rings is 1. The average Bonchev–Trinajstić information content (AvgIpc) is 3.18. The summed E-state index contributed by atoms with van der Waals surface area (Å²) in [6, 6.07) is 11.8. The van der Waals surface area contributed by atoms with Crippen LogP contribution < -0.4 is 10.2 Å². The van der Waals surface area contributed by atoms with Crippen LogP contribution in [0.2, 0.25) is 0 Å². The predicted molar refractivity (Wildman–Crippen MR) is 100 cm³/mol. The van der Waals surface area contributed by atoms with E-state index in [4.69, 9.17) is 0 Å². The molecule has 2 heterocycles. The Kier molecular flexibility index (Phi) is 5.48. The molecule has 0 spiro atoms. The zero-order chi connectivity index (χ0) is 17.6. The van der Waals surface area contributed by atoms with Crippen LogP contribution in [0.3, 0.4) is 0 Å². The van der Waals surface area contributed by atoms with Crippen LogP contribution in [0.1, 0.15) is 37.2 Å². The SMILES string of the molecule is CCN(CC)C(=O)c1ccc(Nc2ccc(N3CCCC3)cc2)nn1. The number of nitrogens with zero attached hydrogens (tertiary/aromatic N) is 4. The minimum absolute atomic E-state index is 0.0842. The maximum atomic E-state index is 12.2.